The normalized spacial score (nSPS) is 14.8. The lowest BCUT2D eigenvalue weighted by Gasteiger charge is -2.28. The predicted molar refractivity (Wildman–Crippen MR) is 224 cm³/mol. The first-order valence-electron chi connectivity index (χ1n) is 18.3. The van der Waals surface area contributed by atoms with Gasteiger partial charge in [-0.1, -0.05) is 113 Å². The van der Waals surface area contributed by atoms with Gasteiger partial charge in [0.2, 0.25) is 0 Å². The number of nitrogens with zero attached hydrogens (tertiary/aromatic N) is 1. The van der Waals surface area contributed by atoms with Crippen LogP contribution in [0.5, 0.6) is 0 Å². The first-order valence-corrected chi connectivity index (χ1v) is 19.2. The van der Waals surface area contributed by atoms with Gasteiger partial charge in [0.25, 0.3) is 0 Å². The van der Waals surface area contributed by atoms with Crippen LogP contribution in [-0.2, 0) is 10.8 Å². The standard InChI is InChI=1S/C50H37NS/c1-49(2)43-27-31-13-9-8-12-30(31)25-41(43)42-26-32-18-19-35(24-33(32)28-44(42)49)51(34-14-6-5-7-15-34)36-20-21-37-39-22-23-40-38-16-10-11-17-46(38)52-48(40)47(39)50(3,4)45(37)29-36/h5-29H,1-4H3. The van der Waals surface area contributed by atoms with E-state index in [4.69, 9.17) is 0 Å². The van der Waals surface area contributed by atoms with Crippen molar-refractivity contribution in [1.82, 2.24) is 0 Å². The third-order valence-corrected chi connectivity index (χ3v) is 13.4. The van der Waals surface area contributed by atoms with Crippen molar-refractivity contribution in [3.63, 3.8) is 0 Å². The van der Waals surface area contributed by atoms with E-state index in [1.165, 1.54) is 91.9 Å². The van der Waals surface area contributed by atoms with Gasteiger partial charge in [0.05, 0.1) is 0 Å². The van der Waals surface area contributed by atoms with Gasteiger partial charge < -0.3 is 4.90 Å². The Hall–Kier alpha value is -5.70. The number of anilines is 3. The van der Waals surface area contributed by atoms with Crippen LogP contribution in [-0.4, -0.2) is 0 Å². The molecule has 52 heavy (non-hydrogen) atoms. The van der Waals surface area contributed by atoms with Crippen molar-refractivity contribution in [2.45, 2.75) is 38.5 Å². The minimum Gasteiger partial charge on any atom is -0.310 e. The van der Waals surface area contributed by atoms with Crippen molar-refractivity contribution in [3.8, 4) is 22.3 Å². The monoisotopic (exact) mass is 683 g/mol. The molecule has 11 rings (SSSR count). The van der Waals surface area contributed by atoms with Gasteiger partial charge in [-0.15, -0.1) is 11.3 Å². The Kier molecular flexibility index (Phi) is 6.02. The molecular weight excluding hydrogens is 647 g/mol. The van der Waals surface area contributed by atoms with E-state index < -0.39 is 0 Å². The molecule has 0 bridgehead atoms. The Morgan fingerprint density at radius 1 is 0.404 bits per heavy atom. The molecule has 2 heteroatoms. The minimum atomic E-state index is -0.140. The summed E-state index contributed by atoms with van der Waals surface area (Å²) in [6.45, 7) is 9.60. The van der Waals surface area contributed by atoms with Crippen molar-refractivity contribution < 1.29 is 0 Å². The number of thiophene rings is 1. The summed E-state index contributed by atoms with van der Waals surface area (Å²) in [5.74, 6) is 0. The highest BCUT2D eigenvalue weighted by molar-refractivity contribution is 7.26. The lowest BCUT2D eigenvalue weighted by atomic mass is 9.81. The molecular formula is C50H37NS. The van der Waals surface area contributed by atoms with Crippen LogP contribution in [0.2, 0.25) is 0 Å². The van der Waals surface area contributed by atoms with E-state index in [1.54, 1.807) is 0 Å². The molecule has 2 aliphatic rings. The highest BCUT2D eigenvalue weighted by Crippen LogP contribution is 2.56. The quantitative estimate of drug-likeness (QED) is 0.179. The molecule has 0 radical (unpaired) electrons. The highest BCUT2D eigenvalue weighted by atomic mass is 32.1. The average Bonchev–Trinajstić information content (AvgIpc) is 3.73. The van der Waals surface area contributed by atoms with Crippen LogP contribution in [0.3, 0.4) is 0 Å². The summed E-state index contributed by atoms with van der Waals surface area (Å²) in [6, 6.07) is 57.0. The molecule has 0 unspecified atom stereocenters. The second kappa shape index (κ2) is 10.4. The van der Waals surface area contributed by atoms with Gasteiger partial charge in [0.15, 0.2) is 0 Å². The molecule has 0 amide bonds. The van der Waals surface area contributed by atoms with E-state index >= 15 is 0 Å². The maximum absolute atomic E-state index is 2.46. The molecule has 0 fully saturated rings. The van der Waals surface area contributed by atoms with E-state index in [2.05, 4.69) is 184 Å². The molecule has 0 atom stereocenters. The minimum absolute atomic E-state index is 0.0849. The zero-order chi connectivity index (χ0) is 34.9. The zero-order valence-corrected chi connectivity index (χ0v) is 30.6. The van der Waals surface area contributed by atoms with Gasteiger partial charge in [-0.3, -0.25) is 0 Å². The summed E-state index contributed by atoms with van der Waals surface area (Å²) in [4.78, 5) is 2.44. The van der Waals surface area contributed by atoms with Crippen LogP contribution in [0.1, 0.15) is 49.9 Å². The third kappa shape index (κ3) is 4.04. The first-order chi connectivity index (χ1) is 25.3. The summed E-state index contributed by atoms with van der Waals surface area (Å²) in [6.07, 6.45) is 0. The summed E-state index contributed by atoms with van der Waals surface area (Å²) >= 11 is 1.94. The third-order valence-electron chi connectivity index (χ3n) is 12.2. The molecule has 0 spiro atoms. The number of hydrogen-bond donors (Lipinski definition) is 0. The molecule has 2 aliphatic carbocycles. The zero-order valence-electron chi connectivity index (χ0n) is 29.8. The van der Waals surface area contributed by atoms with Crippen molar-refractivity contribution in [3.05, 3.63) is 174 Å². The molecule has 0 saturated heterocycles. The molecule has 8 aromatic carbocycles. The summed E-state index contributed by atoms with van der Waals surface area (Å²) in [5, 5.41) is 7.87. The smallest absolute Gasteiger partial charge is 0.0468 e. The van der Waals surface area contributed by atoms with E-state index in [1.807, 2.05) is 11.3 Å². The van der Waals surface area contributed by atoms with E-state index in [9.17, 15) is 0 Å². The second-order valence-electron chi connectivity index (χ2n) is 15.8. The lowest BCUT2D eigenvalue weighted by Crippen LogP contribution is -2.17. The van der Waals surface area contributed by atoms with Crippen LogP contribution in [0.15, 0.2) is 152 Å². The number of benzene rings is 8. The maximum atomic E-state index is 2.46. The van der Waals surface area contributed by atoms with E-state index in [-0.39, 0.29) is 10.8 Å². The van der Waals surface area contributed by atoms with Crippen LogP contribution in [0, 0.1) is 0 Å². The van der Waals surface area contributed by atoms with Crippen LogP contribution in [0.4, 0.5) is 17.1 Å². The Bertz CT molecular complexity index is 2960. The second-order valence-corrected chi connectivity index (χ2v) is 16.8. The van der Waals surface area contributed by atoms with Crippen molar-refractivity contribution in [2.75, 3.05) is 4.90 Å². The fourth-order valence-electron chi connectivity index (χ4n) is 9.51. The Labute approximate surface area is 308 Å². The van der Waals surface area contributed by atoms with Crippen LogP contribution in [0.25, 0.3) is 64.0 Å². The number of hydrogen-bond acceptors (Lipinski definition) is 2. The van der Waals surface area contributed by atoms with Crippen molar-refractivity contribution in [1.29, 1.82) is 0 Å². The number of rotatable bonds is 3. The first kappa shape index (κ1) is 30.0. The molecule has 0 aliphatic heterocycles. The average molecular weight is 684 g/mol. The lowest BCUT2D eigenvalue weighted by molar-refractivity contribution is 0.662. The molecule has 1 nitrogen and oxygen atoms in total. The van der Waals surface area contributed by atoms with Crippen LogP contribution < -0.4 is 4.90 Å². The topological polar surface area (TPSA) is 3.24 Å². The number of para-hydroxylation sites is 1. The van der Waals surface area contributed by atoms with Gasteiger partial charge in [-0.05, 0) is 133 Å². The van der Waals surface area contributed by atoms with Crippen molar-refractivity contribution in [2.24, 2.45) is 0 Å². The molecule has 248 valence electrons. The van der Waals surface area contributed by atoms with Gasteiger partial charge in [0.1, 0.15) is 0 Å². The van der Waals surface area contributed by atoms with Crippen molar-refractivity contribution >= 4 is 70.1 Å². The molecule has 1 heterocycles. The SMILES string of the molecule is CC1(C)c2cc3ccccc3cc2-c2cc3ccc(N(c4ccccc4)c4ccc5c(c4)C(C)(C)c4c-5ccc5c4sc4ccccc45)cc3cc21. The number of fused-ring (bicyclic) bond motifs is 12. The van der Waals surface area contributed by atoms with Gasteiger partial charge in [0, 0.05) is 48.1 Å². The molecule has 9 aromatic rings. The van der Waals surface area contributed by atoms with E-state index in [0.717, 1.165) is 11.4 Å². The van der Waals surface area contributed by atoms with Crippen LogP contribution >= 0.6 is 11.3 Å². The molecule has 0 N–H and O–H groups in total. The predicted octanol–water partition coefficient (Wildman–Crippen LogP) is 14.4. The van der Waals surface area contributed by atoms with Gasteiger partial charge >= 0.3 is 0 Å². The summed E-state index contributed by atoms with van der Waals surface area (Å²) in [5.41, 5.74) is 14.4. The van der Waals surface area contributed by atoms with Gasteiger partial charge in [-0.25, -0.2) is 0 Å². The highest BCUT2D eigenvalue weighted by Gasteiger charge is 2.39. The fourth-order valence-corrected chi connectivity index (χ4v) is 10.9. The molecule has 1 aromatic heterocycles. The maximum Gasteiger partial charge on any atom is 0.0468 e. The van der Waals surface area contributed by atoms with E-state index in [0.29, 0.717) is 0 Å². The Balaban J connectivity index is 1.06. The molecule has 0 saturated carbocycles. The van der Waals surface area contributed by atoms with Gasteiger partial charge in [-0.2, -0.15) is 0 Å². The Morgan fingerprint density at radius 2 is 1.00 bits per heavy atom. The Morgan fingerprint density at radius 3 is 1.79 bits per heavy atom. The summed E-state index contributed by atoms with van der Waals surface area (Å²) < 4.78 is 2.78. The summed E-state index contributed by atoms with van der Waals surface area (Å²) in [7, 11) is 0. The fraction of sp³-hybridized carbons (Fsp3) is 0.120. The largest absolute Gasteiger partial charge is 0.310 e.